The van der Waals surface area contributed by atoms with E-state index in [-0.39, 0.29) is 11.5 Å². The van der Waals surface area contributed by atoms with Crippen molar-refractivity contribution in [3.05, 3.63) is 65.7 Å². The summed E-state index contributed by atoms with van der Waals surface area (Å²) in [6, 6.07) is 18.9. The van der Waals surface area contributed by atoms with E-state index in [1.807, 2.05) is 18.2 Å². The Balaban J connectivity index is 1.84. The van der Waals surface area contributed by atoms with Gasteiger partial charge in [0.05, 0.1) is 5.92 Å². The topological polar surface area (TPSA) is 29.1 Å². The molecule has 0 saturated carbocycles. The molecule has 0 spiro atoms. The first-order valence-corrected chi connectivity index (χ1v) is 10.2. The van der Waals surface area contributed by atoms with E-state index in [4.69, 9.17) is 0 Å². The summed E-state index contributed by atoms with van der Waals surface area (Å²) in [6.45, 7) is 4.43. The second-order valence-corrected chi connectivity index (χ2v) is 8.43. The maximum atomic E-state index is 13.2. The van der Waals surface area contributed by atoms with Crippen LogP contribution in [0.3, 0.4) is 0 Å². The lowest BCUT2D eigenvalue weighted by molar-refractivity contribution is -0.120. The van der Waals surface area contributed by atoms with Crippen molar-refractivity contribution in [1.82, 2.24) is 5.32 Å². The second kappa shape index (κ2) is 7.76. The summed E-state index contributed by atoms with van der Waals surface area (Å²) in [4.78, 5) is 14.4. The van der Waals surface area contributed by atoms with Gasteiger partial charge in [0.2, 0.25) is 0 Å². The summed E-state index contributed by atoms with van der Waals surface area (Å²) in [5, 5.41) is 3.61. The molecule has 0 aromatic heterocycles. The molecule has 1 aliphatic heterocycles. The zero-order chi connectivity index (χ0) is 17.9. The summed E-state index contributed by atoms with van der Waals surface area (Å²) in [5.74, 6) is 0.126. The van der Waals surface area contributed by atoms with Crippen LogP contribution in [0.5, 0.6) is 0 Å². The molecular formula is C22H27NOS. The highest BCUT2D eigenvalue weighted by Gasteiger charge is 2.33. The van der Waals surface area contributed by atoms with Crippen LogP contribution < -0.4 is 5.32 Å². The molecule has 1 N–H and O–H groups in total. The van der Waals surface area contributed by atoms with E-state index < -0.39 is 0 Å². The van der Waals surface area contributed by atoms with Gasteiger partial charge < -0.3 is 5.32 Å². The van der Waals surface area contributed by atoms with Gasteiger partial charge >= 0.3 is 0 Å². The average Bonchev–Trinajstić information content (AvgIpc) is 2.95. The summed E-state index contributed by atoms with van der Waals surface area (Å²) in [7, 11) is 0. The molecule has 1 saturated heterocycles. The fraction of sp³-hybridized carbons (Fsp3) is 0.409. The highest BCUT2D eigenvalue weighted by atomic mass is 32.2. The highest BCUT2D eigenvalue weighted by molar-refractivity contribution is 7.98. The van der Waals surface area contributed by atoms with Crippen molar-refractivity contribution in [3.8, 4) is 0 Å². The van der Waals surface area contributed by atoms with Gasteiger partial charge in [-0.25, -0.2) is 0 Å². The average molecular weight is 354 g/mol. The monoisotopic (exact) mass is 353 g/mol. The molecule has 3 heteroatoms. The molecule has 0 bridgehead atoms. The third-order valence-electron chi connectivity index (χ3n) is 5.06. The minimum atomic E-state index is -0.178. The molecule has 2 aromatic carbocycles. The van der Waals surface area contributed by atoms with E-state index in [1.54, 1.807) is 11.8 Å². The van der Waals surface area contributed by atoms with Crippen molar-refractivity contribution in [2.75, 3.05) is 6.26 Å². The zero-order valence-electron chi connectivity index (χ0n) is 15.3. The number of thioether (sulfide) groups is 1. The molecule has 25 heavy (non-hydrogen) atoms. The predicted molar refractivity (Wildman–Crippen MR) is 106 cm³/mol. The van der Waals surface area contributed by atoms with E-state index in [2.05, 4.69) is 61.8 Å². The van der Waals surface area contributed by atoms with Gasteiger partial charge in [-0.3, -0.25) is 4.79 Å². The van der Waals surface area contributed by atoms with Gasteiger partial charge in [-0.2, -0.15) is 0 Å². The Kier molecular flexibility index (Phi) is 5.65. The fourth-order valence-corrected chi connectivity index (χ4v) is 4.16. The number of hydrogen-bond donors (Lipinski definition) is 1. The lowest BCUT2D eigenvalue weighted by atomic mass is 9.85. The van der Waals surface area contributed by atoms with Gasteiger partial charge in [-0.15, -0.1) is 11.8 Å². The van der Waals surface area contributed by atoms with Gasteiger partial charge in [-0.1, -0.05) is 42.5 Å². The molecule has 0 amide bonds. The van der Waals surface area contributed by atoms with Crippen LogP contribution in [0.4, 0.5) is 0 Å². The number of Topliss-reactive ketones (excluding diaryl/α,β-unsaturated/α-hetero) is 1. The van der Waals surface area contributed by atoms with E-state index in [9.17, 15) is 4.79 Å². The maximum Gasteiger partial charge on any atom is 0.146 e. The summed E-state index contributed by atoms with van der Waals surface area (Å²) >= 11 is 1.72. The Morgan fingerprint density at radius 1 is 1.12 bits per heavy atom. The first-order chi connectivity index (χ1) is 12.0. The van der Waals surface area contributed by atoms with Gasteiger partial charge in [-0.05, 0) is 56.2 Å². The van der Waals surface area contributed by atoms with Crippen LogP contribution in [0, 0.1) is 0 Å². The quantitative estimate of drug-likeness (QED) is 0.739. The first kappa shape index (κ1) is 18.2. The summed E-state index contributed by atoms with van der Waals surface area (Å²) < 4.78 is 0. The molecule has 132 valence electrons. The number of rotatable bonds is 6. The summed E-state index contributed by atoms with van der Waals surface area (Å²) in [5.41, 5.74) is 2.32. The van der Waals surface area contributed by atoms with Crippen LogP contribution in [-0.2, 0) is 4.79 Å². The second-order valence-electron chi connectivity index (χ2n) is 7.55. The van der Waals surface area contributed by atoms with Crippen molar-refractivity contribution < 1.29 is 4.79 Å². The van der Waals surface area contributed by atoms with Crippen LogP contribution in [0.2, 0.25) is 0 Å². The van der Waals surface area contributed by atoms with Gasteiger partial charge in [0.25, 0.3) is 0 Å². The van der Waals surface area contributed by atoms with Crippen molar-refractivity contribution in [2.24, 2.45) is 0 Å². The number of carbonyl (C=O) groups excluding carboxylic acids is 1. The lowest BCUT2D eigenvalue weighted by Crippen LogP contribution is -2.38. The lowest BCUT2D eigenvalue weighted by Gasteiger charge is -2.22. The Bertz CT molecular complexity index is 709. The largest absolute Gasteiger partial charge is 0.309 e. The number of ketones is 1. The molecule has 3 rings (SSSR count). The maximum absolute atomic E-state index is 13.2. The van der Waals surface area contributed by atoms with E-state index in [0.29, 0.717) is 18.2 Å². The molecule has 2 unspecified atom stereocenters. The third-order valence-corrected chi connectivity index (χ3v) is 5.81. The predicted octanol–water partition coefficient (Wildman–Crippen LogP) is 5.03. The molecule has 1 heterocycles. The van der Waals surface area contributed by atoms with Gasteiger partial charge in [0, 0.05) is 22.9 Å². The van der Waals surface area contributed by atoms with E-state index >= 15 is 0 Å². The van der Waals surface area contributed by atoms with Crippen molar-refractivity contribution in [3.63, 3.8) is 0 Å². The molecule has 1 aliphatic rings. The van der Waals surface area contributed by atoms with Crippen molar-refractivity contribution >= 4 is 17.5 Å². The third kappa shape index (κ3) is 4.53. The molecule has 2 nitrogen and oxygen atoms in total. The van der Waals surface area contributed by atoms with E-state index in [0.717, 1.165) is 24.0 Å². The van der Waals surface area contributed by atoms with Gasteiger partial charge in [0.1, 0.15) is 5.78 Å². The van der Waals surface area contributed by atoms with Crippen LogP contribution in [-0.4, -0.2) is 23.6 Å². The molecular weight excluding hydrogens is 326 g/mol. The normalized spacial score (nSPS) is 20.4. The number of carbonyl (C=O) groups is 1. The molecule has 2 aromatic rings. The number of hydrogen-bond acceptors (Lipinski definition) is 3. The molecule has 2 atom stereocenters. The highest BCUT2D eigenvalue weighted by Crippen LogP contribution is 2.31. The van der Waals surface area contributed by atoms with Gasteiger partial charge in [0.15, 0.2) is 0 Å². The first-order valence-electron chi connectivity index (χ1n) is 8.98. The number of nitrogens with one attached hydrogen (secondary N) is 1. The SMILES string of the molecule is CSc1ccc(C(C(=O)CC2CCC(C)(C)N2)c2ccccc2)cc1. The number of benzene rings is 2. The van der Waals surface area contributed by atoms with Crippen LogP contribution in [0.1, 0.15) is 50.2 Å². The van der Waals surface area contributed by atoms with Crippen LogP contribution >= 0.6 is 11.8 Å². The smallest absolute Gasteiger partial charge is 0.146 e. The van der Waals surface area contributed by atoms with Crippen LogP contribution in [0.25, 0.3) is 0 Å². The Labute approximate surface area is 155 Å². The van der Waals surface area contributed by atoms with E-state index in [1.165, 1.54) is 4.90 Å². The van der Waals surface area contributed by atoms with Crippen molar-refractivity contribution in [1.29, 1.82) is 0 Å². The Hall–Kier alpha value is -1.58. The molecule has 0 aliphatic carbocycles. The molecule has 0 radical (unpaired) electrons. The fourth-order valence-electron chi connectivity index (χ4n) is 3.75. The van der Waals surface area contributed by atoms with Crippen molar-refractivity contribution in [2.45, 2.75) is 55.5 Å². The molecule has 1 fully saturated rings. The Morgan fingerprint density at radius 3 is 2.32 bits per heavy atom. The zero-order valence-corrected chi connectivity index (χ0v) is 16.1. The summed E-state index contributed by atoms with van der Waals surface area (Å²) in [6.07, 6.45) is 4.87. The minimum Gasteiger partial charge on any atom is -0.309 e. The minimum absolute atomic E-state index is 0.146. The standard InChI is InChI=1S/C22H27NOS/c1-22(2)14-13-18(23-22)15-20(24)21(16-7-5-4-6-8-16)17-9-11-19(25-3)12-10-17/h4-12,18,21,23H,13-15H2,1-3H3. The Morgan fingerprint density at radius 2 is 1.76 bits per heavy atom. The van der Waals surface area contributed by atoms with Crippen LogP contribution in [0.15, 0.2) is 59.5 Å².